The molecule has 0 saturated carbocycles. The molecule has 146 valence electrons. The van der Waals surface area contributed by atoms with Crippen LogP contribution in [0.3, 0.4) is 0 Å². The lowest BCUT2D eigenvalue weighted by Crippen LogP contribution is -2.31. The van der Waals surface area contributed by atoms with E-state index in [9.17, 15) is 18.0 Å². The Labute approximate surface area is 158 Å². The van der Waals surface area contributed by atoms with Gasteiger partial charge in [0.2, 0.25) is 5.91 Å². The molecule has 1 amide bonds. The minimum absolute atomic E-state index is 0.0849. The molecule has 3 aromatic heterocycles. The van der Waals surface area contributed by atoms with Crippen LogP contribution in [0.2, 0.25) is 0 Å². The van der Waals surface area contributed by atoms with Crippen molar-refractivity contribution in [1.82, 2.24) is 25.1 Å². The average molecular weight is 390 g/mol. The standard InChI is InChI=1S/C18H17F3N6O/c19-18(20,21)17-13(8-24-26-17)12-5-11-6-15(23-9-14(11)22-7-12)25-16(28)10-27-3-1-2-4-27/h5-9H,1-4,10H2,(H,24,26)(H,23,25,28). The van der Waals surface area contributed by atoms with Crippen molar-refractivity contribution in [3.05, 3.63) is 36.4 Å². The minimum atomic E-state index is -4.55. The van der Waals surface area contributed by atoms with E-state index in [2.05, 4.69) is 25.3 Å². The number of rotatable bonds is 4. The van der Waals surface area contributed by atoms with Gasteiger partial charge in [-0.3, -0.25) is 19.8 Å². The van der Waals surface area contributed by atoms with E-state index in [0.29, 0.717) is 23.3 Å². The molecule has 1 aliphatic heterocycles. The quantitative estimate of drug-likeness (QED) is 0.715. The van der Waals surface area contributed by atoms with Gasteiger partial charge in [-0.05, 0) is 38.1 Å². The second-order valence-corrected chi connectivity index (χ2v) is 6.67. The first kappa shape index (κ1) is 18.4. The maximum atomic E-state index is 13.1. The number of pyridine rings is 2. The third-order valence-electron chi connectivity index (χ3n) is 4.63. The van der Waals surface area contributed by atoms with Crippen LogP contribution in [-0.4, -0.2) is 50.6 Å². The number of likely N-dealkylation sites (tertiary alicyclic amines) is 1. The molecule has 0 unspecified atom stereocenters. The van der Waals surface area contributed by atoms with E-state index < -0.39 is 11.9 Å². The van der Waals surface area contributed by atoms with Crippen molar-refractivity contribution >= 4 is 22.6 Å². The molecule has 4 heterocycles. The largest absolute Gasteiger partial charge is 0.433 e. The van der Waals surface area contributed by atoms with Gasteiger partial charge in [0.15, 0.2) is 0 Å². The first-order valence-electron chi connectivity index (χ1n) is 8.79. The van der Waals surface area contributed by atoms with Gasteiger partial charge in [0, 0.05) is 22.7 Å². The van der Waals surface area contributed by atoms with Crippen molar-refractivity contribution in [2.24, 2.45) is 0 Å². The molecular weight excluding hydrogens is 373 g/mol. The van der Waals surface area contributed by atoms with Gasteiger partial charge in [-0.15, -0.1) is 0 Å². The van der Waals surface area contributed by atoms with Crippen LogP contribution in [-0.2, 0) is 11.0 Å². The molecule has 1 fully saturated rings. The van der Waals surface area contributed by atoms with E-state index in [1.807, 2.05) is 5.10 Å². The number of carbonyl (C=O) groups excluding carboxylic acids is 1. The number of hydrogen-bond acceptors (Lipinski definition) is 5. The van der Waals surface area contributed by atoms with E-state index >= 15 is 0 Å². The molecule has 0 spiro atoms. The second kappa shape index (κ2) is 7.19. The summed E-state index contributed by atoms with van der Waals surface area (Å²) in [6.45, 7) is 2.10. The van der Waals surface area contributed by atoms with Gasteiger partial charge in [0.1, 0.15) is 11.5 Å². The van der Waals surface area contributed by atoms with Crippen LogP contribution in [0.15, 0.2) is 30.7 Å². The second-order valence-electron chi connectivity index (χ2n) is 6.67. The number of fused-ring (bicyclic) bond motifs is 1. The maximum absolute atomic E-state index is 13.1. The number of aromatic amines is 1. The van der Waals surface area contributed by atoms with Gasteiger partial charge < -0.3 is 5.32 Å². The van der Waals surface area contributed by atoms with Crippen molar-refractivity contribution in [2.75, 3.05) is 25.0 Å². The summed E-state index contributed by atoms with van der Waals surface area (Å²) in [4.78, 5) is 22.6. The van der Waals surface area contributed by atoms with E-state index in [4.69, 9.17) is 0 Å². The van der Waals surface area contributed by atoms with Crippen molar-refractivity contribution in [1.29, 1.82) is 0 Å². The molecule has 4 rings (SSSR count). The van der Waals surface area contributed by atoms with E-state index in [1.54, 1.807) is 12.1 Å². The number of anilines is 1. The molecular formula is C18H17F3N6O. The van der Waals surface area contributed by atoms with Gasteiger partial charge >= 0.3 is 6.18 Å². The van der Waals surface area contributed by atoms with Crippen LogP contribution in [0, 0.1) is 0 Å². The third-order valence-corrected chi connectivity index (χ3v) is 4.63. The number of alkyl halides is 3. The van der Waals surface area contributed by atoms with Gasteiger partial charge in [-0.1, -0.05) is 0 Å². The van der Waals surface area contributed by atoms with Gasteiger partial charge in [-0.25, -0.2) is 4.98 Å². The van der Waals surface area contributed by atoms with Crippen LogP contribution in [0.4, 0.5) is 19.0 Å². The van der Waals surface area contributed by atoms with E-state index in [1.165, 1.54) is 12.4 Å². The van der Waals surface area contributed by atoms with E-state index in [-0.39, 0.29) is 17.0 Å². The highest BCUT2D eigenvalue weighted by atomic mass is 19.4. The highest BCUT2D eigenvalue weighted by Gasteiger charge is 2.36. The van der Waals surface area contributed by atoms with Gasteiger partial charge in [-0.2, -0.15) is 18.3 Å². The SMILES string of the molecule is O=C(CN1CCCC1)Nc1cc2cc(-c3cn[nH]c3C(F)(F)F)cnc2cn1. The zero-order valence-electron chi connectivity index (χ0n) is 14.8. The van der Waals surface area contributed by atoms with Crippen molar-refractivity contribution in [2.45, 2.75) is 19.0 Å². The molecule has 0 aliphatic carbocycles. The van der Waals surface area contributed by atoms with Crippen LogP contribution in [0.1, 0.15) is 18.5 Å². The maximum Gasteiger partial charge on any atom is 0.433 e. The Bertz CT molecular complexity index is 1010. The lowest BCUT2D eigenvalue weighted by atomic mass is 10.1. The average Bonchev–Trinajstić information content (AvgIpc) is 3.32. The fraction of sp³-hybridized carbons (Fsp3) is 0.333. The molecule has 1 aliphatic rings. The Balaban J connectivity index is 1.59. The molecule has 0 atom stereocenters. The number of nitrogens with zero attached hydrogens (tertiary/aromatic N) is 4. The molecule has 7 nitrogen and oxygen atoms in total. The summed E-state index contributed by atoms with van der Waals surface area (Å²) in [5.41, 5.74) is -0.229. The highest BCUT2D eigenvalue weighted by molar-refractivity contribution is 5.94. The Hall–Kier alpha value is -3.01. The number of aromatic nitrogens is 4. The summed E-state index contributed by atoms with van der Waals surface area (Å²) in [5.74, 6) is 0.158. The molecule has 10 heteroatoms. The summed E-state index contributed by atoms with van der Waals surface area (Å²) < 4.78 is 39.3. The van der Waals surface area contributed by atoms with Crippen molar-refractivity contribution in [3.8, 4) is 11.1 Å². The fourth-order valence-corrected chi connectivity index (χ4v) is 3.29. The molecule has 2 N–H and O–H groups in total. The van der Waals surface area contributed by atoms with Crippen LogP contribution in [0.25, 0.3) is 22.0 Å². The van der Waals surface area contributed by atoms with Crippen LogP contribution < -0.4 is 5.32 Å². The number of amides is 1. The van der Waals surface area contributed by atoms with Crippen molar-refractivity contribution in [3.63, 3.8) is 0 Å². The molecule has 1 saturated heterocycles. The summed E-state index contributed by atoms with van der Waals surface area (Å²) in [5, 5.41) is 8.79. The normalized spacial score (nSPS) is 15.2. The lowest BCUT2D eigenvalue weighted by Gasteiger charge is -2.14. The highest BCUT2D eigenvalue weighted by Crippen LogP contribution is 2.35. The first-order chi connectivity index (χ1) is 13.4. The zero-order chi connectivity index (χ0) is 19.7. The van der Waals surface area contributed by atoms with Crippen LogP contribution >= 0.6 is 0 Å². The number of carbonyl (C=O) groups is 1. The predicted octanol–water partition coefficient (Wildman–Crippen LogP) is 3.07. The third kappa shape index (κ3) is 3.81. The molecule has 3 aromatic rings. The van der Waals surface area contributed by atoms with E-state index in [0.717, 1.165) is 32.1 Å². The molecule has 0 aromatic carbocycles. The number of H-pyrrole nitrogens is 1. The topological polar surface area (TPSA) is 86.8 Å². The van der Waals surface area contributed by atoms with Gasteiger partial charge in [0.25, 0.3) is 0 Å². The lowest BCUT2D eigenvalue weighted by molar-refractivity contribution is -0.140. The molecule has 0 bridgehead atoms. The Morgan fingerprint density at radius 1 is 1.14 bits per heavy atom. The molecule has 28 heavy (non-hydrogen) atoms. The Morgan fingerprint density at radius 3 is 2.68 bits per heavy atom. The number of nitrogens with one attached hydrogen (secondary N) is 2. The van der Waals surface area contributed by atoms with Crippen LogP contribution in [0.5, 0.6) is 0 Å². The smallest absolute Gasteiger partial charge is 0.310 e. The number of hydrogen-bond donors (Lipinski definition) is 2. The summed E-state index contributed by atoms with van der Waals surface area (Å²) in [7, 11) is 0. The predicted molar refractivity (Wildman–Crippen MR) is 96.4 cm³/mol. The Morgan fingerprint density at radius 2 is 1.93 bits per heavy atom. The summed E-state index contributed by atoms with van der Waals surface area (Å²) in [6, 6.07) is 3.17. The van der Waals surface area contributed by atoms with Gasteiger partial charge in [0.05, 0.1) is 24.5 Å². The van der Waals surface area contributed by atoms with Crippen molar-refractivity contribution < 1.29 is 18.0 Å². The summed E-state index contributed by atoms with van der Waals surface area (Å²) in [6.07, 6.45) is 1.56. The fourth-order valence-electron chi connectivity index (χ4n) is 3.29. The number of halogens is 3. The summed E-state index contributed by atoms with van der Waals surface area (Å²) >= 11 is 0. The molecule has 0 radical (unpaired) electrons. The zero-order valence-corrected chi connectivity index (χ0v) is 14.8. The first-order valence-corrected chi connectivity index (χ1v) is 8.79. The Kier molecular flexibility index (Phi) is 4.71. The minimum Gasteiger partial charge on any atom is -0.310 e. The monoisotopic (exact) mass is 390 g/mol.